The summed E-state index contributed by atoms with van der Waals surface area (Å²) < 4.78 is 60.0. The van der Waals surface area contributed by atoms with Crippen molar-refractivity contribution in [3.63, 3.8) is 0 Å². The molecule has 0 aromatic heterocycles. The Morgan fingerprint density at radius 1 is 1.22 bits per heavy atom. The van der Waals surface area contributed by atoms with Gasteiger partial charge in [-0.2, -0.15) is 0 Å². The molecule has 0 aliphatic heterocycles. The topological polar surface area (TPSA) is 106 Å². The Bertz CT molecular complexity index is 641. The molecule has 0 saturated heterocycles. The van der Waals surface area contributed by atoms with Crippen LogP contribution in [0.3, 0.4) is 0 Å². The van der Waals surface area contributed by atoms with E-state index in [1.165, 1.54) is 12.1 Å². The Kier molecular flexibility index (Phi) is 4.17. The summed E-state index contributed by atoms with van der Waals surface area (Å²) in [7, 11) is -7.31. The molecular formula is C9H13FN2O4S2. The molecule has 0 aliphatic rings. The van der Waals surface area contributed by atoms with E-state index in [2.05, 4.69) is 0 Å². The highest BCUT2D eigenvalue weighted by molar-refractivity contribution is 7.95. The number of halogens is 1. The maximum absolute atomic E-state index is 13.3. The van der Waals surface area contributed by atoms with Gasteiger partial charge in [-0.1, -0.05) is 0 Å². The minimum Gasteiger partial charge on any atom is -0.399 e. The Morgan fingerprint density at radius 2 is 1.83 bits per heavy atom. The maximum atomic E-state index is 13.3. The molecule has 0 saturated carbocycles. The molecule has 0 fully saturated rings. The summed E-state index contributed by atoms with van der Waals surface area (Å²) in [5.74, 6) is -1.98. The lowest BCUT2D eigenvalue weighted by Gasteiger charge is -2.08. The van der Waals surface area contributed by atoms with Crippen LogP contribution in [0.15, 0.2) is 18.2 Å². The van der Waals surface area contributed by atoms with E-state index in [-0.39, 0.29) is 11.4 Å². The second kappa shape index (κ2) is 5.11. The quantitative estimate of drug-likeness (QED) is 0.755. The number of sulfonamides is 1. The summed E-state index contributed by atoms with van der Waals surface area (Å²) in [6.07, 6.45) is 0.923. The van der Waals surface area contributed by atoms with Crippen LogP contribution in [-0.2, 0) is 19.9 Å². The maximum Gasteiger partial charge on any atom is 0.233 e. The van der Waals surface area contributed by atoms with Crippen LogP contribution in [0, 0.1) is 5.82 Å². The molecule has 0 bridgehead atoms. The third-order valence-corrected chi connectivity index (χ3v) is 4.46. The predicted octanol–water partition coefficient (Wildman–Crippen LogP) is 0.194. The van der Waals surface area contributed by atoms with Crippen LogP contribution in [-0.4, -0.2) is 34.6 Å². The van der Waals surface area contributed by atoms with Gasteiger partial charge in [0.15, 0.2) is 0 Å². The fourth-order valence-corrected chi connectivity index (χ4v) is 3.79. The molecule has 0 spiro atoms. The van der Waals surface area contributed by atoms with E-state index in [1.807, 2.05) is 4.72 Å². The summed E-state index contributed by atoms with van der Waals surface area (Å²) in [6, 6.07) is 3.47. The molecule has 0 unspecified atom stereocenters. The second-order valence-electron chi connectivity index (χ2n) is 3.79. The number of nitrogens with two attached hydrogens (primary N) is 1. The number of hydrogen-bond acceptors (Lipinski definition) is 5. The van der Waals surface area contributed by atoms with E-state index in [9.17, 15) is 21.2 Å². The van der Waals surface area contributed by atoms with Crippen LogP contribution in [0.5, 0.6) is 0 Å². The molecular weight excluding hydrogens is 283 g/mol. The van der Waals surface area contributed by atoms with Crippen molar-refractivity contribution in [2.45, 2.75) is 0 Å². The van der Waals surface area contributed by atoms with Crippen LogP contribution in [0.1, 0.15) is 0 Å². The molecule has 18 heavy (non-hydrogen) atoms. The van der Waals surface area contributed by atoms with Gasteiger partial charge in [-0.3, -0.25) is 4.72 Å². The number of benzene rings is 1. The summed E-state index contributed by atoms with van der Waals surface area (Å²) in [6.45, 7) is 0. The number of hydrogen-bond donors (Lipinski definition) is 2. The van der Waals surface area contributed by atoms with E-state index >= 15 is 0 Å². The van der Waals surface area contributed by atoms with Crippen molar-refractivity contribution in [1.29, 1.82) is 0 Å². The van der Waals surface area contributed by atoms with Crippen LogP contribution < -0.4 is 10.5 Å². The zero-order valence-electron chi connectivity index (χ0n) is 9.55. The van der Waals surface area contributed by atoms with Crippen molar-refractivity contribution in [3.8, 4) is 0 Å². The Balaban J connectivity index is 2.83. The first kappa shape index (κ1) is 14.7. The molecule has 1 aromatic carbocycles. The highest BCUT2D eigenvalue weighted by Gasteiger charge is 2.16. The average molecular weight is 296 g/mol. The first-order valence-electron chi connectivity index (χ1n) is 4.82. The van der Waals surface area contributed by atoms with Crippen LogP contribution in [0.25, 0.3) is 0 Å². The molecule has 1 aromatic rings. The number of sulfone groups is 1. The third-order valence-electron chi connectivity index (χ3n) is 1.98. The molecule has 6 nitrogen and oxygen atoms in total. The normalized spacial score (nSPS) is 12.3. The fourth-order valence-electron chi connectivity index (χ4n) is 1.09. The second-order valence-corrected chi connectivity index (χ2v) is 7.89. The highest BCUT2D eigenvalue weighted by Crippen LogP contribution is 2.18. The van der Waals surface area contributed by atoms with E-state index in [0.717, 1.165) is 12.3 Å². The van der Waals surface area contributed by atoms with Crippen LogP contribution >= 0.6 is 0 Å². The van der Waals surface area contributed by atoms with E-state index < -0.39 is 37.2 Å². The zero-order valence-corrected chi connectivity index (χ0v) is 11.2. The van der Waals surface area contributed by atoms with Gasteiger partial charge in [-0.15, -0.1) is 0 Å². The number of nitrogen functional groups attached to an aromatic ring is 1. The Morgan fingerprint density at radius 3 is 2.33 bits per heavy atom. The van der Waals surface area contributed by atoms with Gasteiger partial charge in [0.1, 0.15) is 15.7 Å². The van der Waals surface area contributed by atoms with Crippen molar-refractivity contribution in [1.82, 2.24) is 0 Å². The van der Waals surface area contributed by atoms with Crippen molar-refractivity contribution < 1.29 is 21.2 Å². The van der Waals surface area contributed by atoms with Gasteiger partial charge in [-0.05, 0) is 18.2 Å². The van der Waals surface area contributed by atoms with Crippen molar-refractivity contribution in [2.24, 2.45) is 0 Å². The molecule has 9 heteroatoms. The molecule has 3 N–H and O–H groups in total. The minimum atomic E-state index is -3.91. The molecule has 102 valence electrons. The van der Waals surface area contributed by atoms with E-state index in [4.69, 9.17) is 5.73 Å². The van der Waals surface area contributed by atoms with E-state index in [1.54, 1.807) is 0 Å². The van der Waals surface area contributed by atoms with Crippen molar-refractivity contribution >= 4 is 31.2 Å². The zero-order chi connectivity index (χ0) is 14.0. The largest absolute Gasteiger partial charge is 0.399 e. The summed E-state index contributed by atoms with van der Waals surface area (Å²) in [5.41, 5.74) is 5.20. The minimum absolute atomic E-state index is 0.159. The first-order valence-corrected chi connectivity index (χ1v) is 8.53. The van der Waals surface area contributed by atoms with Gasteiger partial charge < -0.3 is 5.73 Å². The van der Waals surface area contributed by atoms with E-state index in [0.29, 0.717) is 0 Å². The predicted molar refractivity (Wildman–Crippen MR) is 67.9 cm³/mol. The smallest absolute Gasteiger partial charge is 0.233 e. The van der Waals surface area contributed by atoms with Gasteiger partial charge in [0.05, 0.1) is 17.2 Å². The average Bonchev–Trinajstić information content (AvgIpc) is 2.19. The standard InChI is InChI=1S/C9H13FN2O4S2/c1-17(13,14)4-5-18(15,16)12-9-3-2-7(11)6-8(9)10/h2-3,6,12H,4-5,11H2,1H3. The monoisotopic (exact) mass is 296 g/mol. The number of nitrogens with one attached hydrogen (secondary N) is 1. The molecule has 0 amide bonds. The van der Waals surface area contributed by atoms with Gasteiger partial charge in [0.2, 0.25) is 10.0 Å². The van der Waals surface area contributed by atoms with Gasteiger partial charge in [-0.25, -0.2) is 21.2 Å². The third kappa shape index (κ3) is 4.88. The number of anilines is 2. The summed E-state index contributed by atoms with van der Waals surface area (Å²) in [5, 5.41) is 0. The van der Waals surface area contributed by atoms with Gasteiger partial charge in [0.25, 0.3) is 0 Å². The van der Waals surface area contributed by atoms with Crippen molar-refractivity contribution in [3.05, 3.63) is 24.0 Å². The van der Waals surface area contributed by atoms with Crippen LogP contribution in [0.4, 0.5) is 15.8 Å². The molecule has 0 aliphatic carbocycles. The Hall–Kier alpha value is -1.35. The first-order chi connectivity index (χ1) is 8.09. The molecule has 0 atom stereocenters. The molecule has 0 heterocycles. The van der Waals surface area contributed by atoms with Gasteiger partial charge in [0, 0.05) is 11.9 Å². The fraction of sp³-hybridized carbons (Fsp3) is 0.333. The summed E-state index contributed by atoms with van der Waals surface area (Å²) >= 11 is 0. The highest BCUT2D eigenvalue weighted by atomic mass is 32.2. The molecule has 1 rings (SSSR count). The SMILES string of the molecule is CS(=O)(=O)CCS(=O)(=O)Nc1ccc(N)cc1F. The van der Waals surface area contributed by atoms with Crippen molar-refractivity contribution in [2.75, 3.05) is 28.2 Å². The number of rotatable bonds is 5. The lowest BCUT2D eigenvalue weighted by Crippen LogP contribution is -2.22. The lowest BCUT2D eigenvalue weighted by molar-refractivity contribution is 0.592. The Labute approximate surface area is 105 Å². The lowest BCUT2D eigenvalue weighted by atomic mass is 10.3. The van der Waals surface area contributed by atoms with Gasteiger partial charge >= 0.3 is 0 Å². The summed E-state index contributed by atoms with van der Waals surface area (Å²) in [4.78, 5) is 0. The molecule has 0 radical (unpaired) electrons. The van der Waals surface area contributed by atoms with Crippen LogP contribution in [0.2, 0.25) is 0 Å².